The molecule has 0 amide bonds. The van der Waals surface area contributed by atoms with Gasteiger partial charge in [0.15, 0.2) is 17.5 Å². The molecule has 0 fully saturated rings. The van der Waals surface area contributed by atoms with Gasteiger partial charge in [0.05, 0.1) is 72.3 Å². The minimum absolute atomic E-state index is 0.236. The van der Waals surface area contributed by atoms with Crippen molar-refractivity contribution in [3.8, 4) is 135 Å². The van der Waals surface area contributed by atoms with E-state index in [1.54, 1.807) is 0 Å². The maximum absolute atomic E-state index is 5.29. The van der Waals surface area contributed by atoms with E-state index in [0.717, 1.165) is 172 Å². The normalized spacial score (nSPS) is 13.2. The number of nitrogens with zero attached hydrogens (tertiary/aromatic N) is 9. The topological polar surface area (TPSA) is 116 Å². The molecule has 17 aromatic carbocycles. The lowest BCUT2D eigenvalue weighted by Gasteiger charge is -2.16. The largest absolute Gasteiger partial charge is 0.247 e. The van der Waals surface area contributed by atoms with E-state index in [4.69, 9.17) is 44.9 Å². The highest BCUT2D eigenvalue weighted by atomic mass is 32.2. The van der Waals surface area contributed by atoms with Crippen LogP contribution in [-0.2, 0) is 0 Å². The molecule has 9 nitrogen and oxygen atoms in total. The van der Waals surface area contributed by atoms with Crippen LogP contribution in [0.1, 0.15) is 11.6 Å². The van der Waals surface area contributed by atoms with Crippen LogP contribution in [0.2, 0.25) is 0 Å². The number of thioether (sulfide) groups is 1. The van der Waals surface area contributed by atoms with Crippen LogP contribution in [0, 0.1) is 0 Å². The number of hydrogen-bond donors (Lipinski definition) is 0. The second-order valence-electron chi connectivity index (χ2n) is 32.4. The van der Waals surface area contributed by atoms with Crippen LogP contribution in [0.25, 0.3) is 222 Å². The maximum atomic E-state index is 5.29. The molecule has 6 aromatic heterocycles. The first kappa shape index (κ1) is 77.2. The van der Waals surface area contributed by atoms with Crippen molar-refractivity contribution in [2.75, 3.05) is 0 Å². The molecule has 1 aliphatic carbocycles. The molecule has 0 spiro atoms. The van der Waals surface area contributed by atoms with Crippen molar-refractivity contribution in [2.24, 2.45) is 0 Å². The quantitative estimate of drug-likeness (QED) is 0.110. The molecule has 2 atom stereocenters. The van der Waals surface area contributed by atoms with Crippen LogP contribution in [0.4, 0.5) is 0 Å². The first-order valence-electron chi connectivity index (χ1n) is 43.6. The number of rotatable bonds is 12. The summed E-state index contributed by atoms with van der Waals surface area (Å²) in [6.07, 6.45) is 8.86. The SMILES string of the molecule is C1=CC2Sc3c(-c4ccccc4)nc(-c4ccc5nc(-c6ccccc6)c6cccc(-c7ccccc7)c6c5c4)nc3C2C=C1.c1ccc(-c2nc(-c3ccc4nc(-c5ccccc5)c5cccc(-c6ccccc6)c5c4c3)c3ccccc3n2)cc1.c1ccc(-c2nc(-c3ccc4nc(-c5ccccc5)c5cccc(-c6ccccc6)c5c4c3)nc3ccccc23)cc1. The van der Waals surface area contributed by atoms with Gasteiger partial charge in [0.1, 0.15) is 0 Å². The third-order valence-corrected chi connectivity index (χ3v) is 25.9. The number of hydrogen-bond acceptors (Lipinski definition) is 10. The van der Waals surface area contributed by atoms with Crippen molar-refractivity contribution in [1.29, 1.82) is 0 Å². The fourth-order valence-electron chi connectivity index (χ4n) is 18.5. The zero-order valence-electron chi connectivity index (χ0n) is 69.9. The second kappa shape index (κ2) is 33.8. The Labute approximate surface area is 750 Å². The van der Waals surface area contributed by atoms with Crippen LogP contribution in [0.5, 0.6) is 0 Å². The maximum Gasteiger partial charge on any atom is 0.160 e. The Morgan fingerprint density at radius 3 is 0.853 bits per heavy atom. The molecule has 2 unspecified atom stereocenters. The lowest BCUT2D eigenvalue weighted by atomic mass is 9.92. The number of allylic oxidation sites excluding steroid dienone is 3. The van der Waals surface area contributed by atoms with Crippen molar-refractivity contribution in [3.63, 3.8) is 0 Å². The number of fused-ring (bicyclic) bond motifs is 14. The van der Waals surface area contributed by atoms with Crippen molar-refractivity contribution in [1.82, 2.24) is 44.9 Å². The van der Waals surface area contributed by atoms with Crippen LogP contribution in [0.3, 0.4) is 0 Å². The Bertz CT molecular complexity index is 8290. The van der Waals surface area contributed by atoms with Gasteiger partial charge in [-0.15, -0.1) is 11.8 Å². The molecule has 0 radical (unpaired) electrons. The predicted molar refractivity (Wildman–Crippen MR) is 535 cm³/mol. The van der Waals surface area contributed by atoms with Gasteiger partial charge in [0.25, 0.3) is 0 Å². The van der Waals surface area contributed by atoms with Gasteiger partial charge in [-0.1, -0.05) is 394 Å². The Kier molecular flexibility index (Phi) is 20.2. The first-order valence-corrected chi connectivity index (χ1v) is 44.4. The molecule has 1 aliphatic heterocycles. The summed E-state index contributed by atoms with van der Waals surface area (Å²) < 4.78 is 0. The van der Waals surface area contributed by atoms with Gasteiger partial charge >= 0.3 is 0 Å². The highest BCUT2D eigenvalue weighted by Crippen LogP contribution is 2.52. The number of aromatic nitrogens is 9. The van der Waals surface area contributed by atoms with Gasteiger partial charge in [0.2, 0.25) is 0 Å². The van der Waals surface area contributed by atoms with Crippen LogP contribution < -0.4 is 0 Å². The van der Waals surface area contributed by atoms with E-state index in [1.807, 2.05) is 66.4 Å². The molecule has 23 aromatic rings. The summed E-state index contributed by atoms with van der Waals surface area (Å²) in [5, 5.41) is 12.6. The molecule has 10 heteroatoms. The molecular formula is C119H77N9S. The third-order valence-electron chi connectivity index (χ3n) is 24.5. The minimum Gasteiger partial charge on any atom is -0.247 e. The van der Waals surface area contributed by atoms with Crippen LogP contribution >= 0.6 is 11.8 Å². The minimum atomic E-state index is 0.236. The van der Waals surface area contributed by atoms with E-state index in [0.29, 0.717) is 11.1 Å². The molecule has 0 saturated heterocycles. The van der Waals surface area contributed by atoms with Crippen molar-refractivity contribution < 1.29 is 0 Å². The molecular weight excluding hydrogens is 1590 g/mol. The van der Waals surface area contributed by atoms with E-state index >= 15 is 0 Å². The van der Waals surface area contributed by atoms with Gasteiger partial charge < -0.3 is 0 Å². The number of para-hydroxylation sites is 2. The lowest BCUT2D eigenvalue weighted by molar-refractivity contribution is 0.829. The number of pyridine rings is 3. The molecule has 604 valence electrons. The highest BCUT2D eigenvalue weighted by Gasteiger charge is 2.36. The Hall–Kier alpha value is -16.7. The van der Waals surface area contributed by atoms with Gasteiger partial charge in [0, 0.05) is 120 Å². The van der Waals surface area contributed by atoms with Crippen molar-refractivity contribution in [2.45, 2.75) is 16.1 Å². The summed E-state index contributed by atoms with van der Waals surface area (Å²) in [5.74, 6) is 2.40. The van der Waals surface area contributed by atoms with Crippen molar-refractivity contribution >= 4 is 98.6 Å². The molecule has 0 saturated carbocycles. The fraction of sp³-hybridized carbons (Fsp3) is 0.0168. The summed E-state index contributed by atoms with van der Waals surface area (Å²) >= 11 is 1.88. The lowest BCUT2D eigenvalue weighted by Crippen LogP contribution is -2.09. The van der Waals surface area contributed by atoms with E-state index < -0.39 is 0 Å². The standard InChI is InChI=1S/C41H27N3S.2C39H25N3/c1-4-13-26(14-5-1)30-20-12-21-32-36(30)33-25-29(23-24-34(33)42-37(32)27-15-6-2-7-16-27)41-43-38(28-17-8-3-9-18-28)40-39(44-41)31-19-10-11-22-35(31)45-40;1-4-13-26(14-5-1)30-20-12-21-32-36(30)33-25-29(23-24-35(33)40-37(32)27-15-6-2-7-16-27)38-31-19-10-11-22-34(31)41-39(42-38)28-17-8-3-9-18-28;1-4-13-26(14-5-1)30-20-12-21-32-36(30)33-25-29(23-24-35(33)40-38(32)28-17-8-3-9-18-28)39-41-34-22-11-10-19-31(34)37(42-39)27-15-6-2-7-16-27/h1-25,31,35H;2*1-25H. The summed E-state index contributed by atoms with van der Waals surface area (Å²) in [5.41, 5.74) is 28.2. The average molecular weight is 1670 g/mol. The second-order valence-corrected chi connectivity index (χ2v) is 33.6. The average Bonchev–Trinajstić information content (AvgIpc) is 1.24. The van der Waals surface area contributed by atoms with E-state index in [1.165, 1.54) is 54.4 Å². The number of benzene rings is 17. The predicted octanol–water partition coefficient (Wildman–Crippen LogP) is 30.5. The van der Waals surface area contributed by atoms with Gasteiger partial charge in [-0.3, -0.25) is 0 Å². The Morgan fingerprint density at radius 2 is 0.457 bits per heavy atom. The molecule has 2 aliphatic rings. The van der Waals surface area contributed by atoms with Crippen LogP contribution in [0.15, 0.2) is 460 Å². The summed E-state index contributed by atoms with van der Waals surface area (Å²) in [6.45, 7) is 0. The molecule has 0 N–H and O–H groups in total. The monoisotopic (exact) mass is 1660 g/mol. The zero-order chi connectivity index (χ0) is 85.5. The fourth-order valence-corrected chi connectivity index (χ4v) is 19.8. The van der Waals surface area contributed by atoms with E-state index in [-0.39, 0.29) is 5.92 Å². The summed E-state index contributed by atoms with van der Waals surface area (Å²) in [7, 11) is 0. The highest BCUT2D eigenvalue weighted by molar-refractivity contribution is 8.00. The molecule has 7 heterocycles. The Morgan fingerprint density at radius 1 is 0.178 bits per heavy atom. The summed E-state index contributed by atoms with van der Waals surface area (Å²) in [6, 6.07) is 150. The third kappa shape index (κ3) is 14.7. The molecule has 129 heavy (non-hydrogen) atoms. The van der Waals surface area contributed by atoms with E-state index in [2.05, 4.69) is 400 Å². The summed E-state index contributed by atoms with van der Waals surface area (Å²) in [4.78, 5) is 47.7. The van der Waals surface area contributed by atoms with Gasteiger partial charge in [-0.25, -0.2) is 44.9 Å². The van der Waals surface area contributed by atoms with Crippen molar-refractivity contribution in [3.05, 3.63) is 461 Å². The van der Waals surface area contributed by atoms with Crippen LogP contribution in [-0.4, -0.2) is 50.1 Å². The van der Waals surface area contributed by atoms with Gasteiger partial charge in [-0.2, -0.15) is 0 Å². The first-order chi connectivity index (χ1) is 64.0. The van der Waals surface area contributed by atoms with E-state index in [9.17, 15) is 0 Å². The Balaban J connectivity index is 0.000000111. The zero-order valence-corrected chi connectivity index (χ0v) is 70.7. The molecule has 25 rings (SSSR count). The van der Waals surface area contributed by atoms with Gasteiger partial charge in [-0.05, 0) is 94.0 Å². The molecule has 0 bridgehead atoms. The smallest absolute Gasteiger partial charge is 0.160 e.